The number of aliphatic hydroxyl groups is 1. The van der Waals surface area contributed by atoms with E-state index in [1.807, 2.05) is 0 Å². The van der Waals surface area contributed by atoms with Crippen molar-refractivity contribution in [3.05, 3.63) is 0 Å². The molecule has 2 N–H and O–H groups in total. The minimum Gasteiger partial charge on any atom is -0.481 e. The standard InChI is InChI=1S/C31H52O3/c1-18-11-13-28(5)15-16-29(6)21(24(28)19(18)2)9-10-23-30(29,7)14-12-22-27(3,4)17-20(26(33)34)25(32)31(22,23)8/h18-25,32H,9-17H2,1-8H3,(H,33,34)/t18-,19+,20?,21-,22+,23+,24+,25?,28-,29-,30-,31+/m1/s1. The SMILES string of the molecule is C[C@@H]1[C@H]2[C@H]3CC[C@@H]4[C@@]5(C)C(O)C(C(=O)O)CC(C)(C)[C@@H]5CC[C@@]4(C)[C@]3(C)CC[C@@]2(C)CC[C@H]1C. The average Bonchev–Trinajstić information content (AvgIpc) is 2.74. The molecule has 0 amide bonds. The number of rotatable bonds is 1. The molecule has 5 aliphatic rings. The highest BCUT2D eigenvalue weighted by Crippen LogP contribution is 2.77. The van der Waals surface area contributed by atoms with Crippen LogP contribution in [-0.2, 0) is 4.79 Å². The van der Waals surface area contributed by atoms with E-state index >= 15 is 0 Å². The Morgan fingerprint density at radius 2 is 1.47 bits per heavy atom. The fourth-order valence-electron chi connectivity index (χ4n) is 12.1. The van der Waals surface area contributed by atoms with Crippen LogP contribution < -0.4 is 0 Å². The molecule has 0 aliphatic heterocycles. The molecule has 5 rings (SSSR count). The molecule has 3 nitrogen and oxygen atoms in total. The van der Waals surface area contributed by atoms with E-state index in [-0.39, 0.29) is 21.7 Å². The maximum atomic E-state index is 12.3. The van der Waals surface area contributed by atoms with Crippen LogP contribution in [0.15, 0.2) is 0 Å². The Labute approximate surface area is 208 Å². The number of fused-ring (bicyclic) bond motifs is 7. The lowest BCUT2D eigenvalue weighted by Gasteiger charge is -2.74. The first-order valence-corrected chi connectivity index (χ1v) is 14.5. The molecule has 0 aromatic rings. The normalized spacial score (nSPS) is 58.6. The van der Waals surface area contributed by atoms with Crippen molar-refractivity contribution in [2.24, 2.45) is 68.5 Å². The number of aliphatic hydroxyl groups excluding tert-OH is 1. The molecule has 0 bridgehead atoms. The van der Waals surface area contributed by atoms with Crippen LogP contribution in [0.25, 0.3) is 0 Å². The fraction of sp³-hybridized carbons (Fsp3) is 0.968. The molecule has 5 aliphatic carbocycles. The number of carboxylic acid groups (broad SMARTS) is 1. The van der Waals surface area contributed by atoms with Crippen molar-refractivity contribution < 1.29 is 15.0 Å². The Bertz CT molecular complexity index is 850. The average molecular weight is 473 g/mol. The van der Waals surface area contributed by atoms with E-state index in [4.69, 9.17) is 0 Å². The molecule has 5 saturated carbocycles. The van der Waals surface area contributed by atoms with Crippen molar-refractivity contribution in [2.75, 3.05) is 0 Å². The molecule has 0 radical (unpaired) electrons. The van der Waals surface area contributed by atoms with Gasteiger partial charge in [-0.3, -0.25) is 4.79 Å². The van der Waals surface area contributed by atoms with E-state index in [1.165, 1.54) is 38.5 Å². The lowest BCUT2D eigenvalue weighted by atomic mass is 9.30. The van der Waals surface area contributed by atoms with Gasteiger partial charge in [0.25, 0.3) is 0 Å². The van der Waals surface area contributed by atoms with Gasteiger partial charge < -0.3 is 10.2 Å². The second kappa shape index (κ2) is 7.48. The first-order chi connectivity index (χ1) is 15.6. The predicted octanol–water partition coefficient (Wildman–Crippen LogP) is 7.42. The third kappa shape index (κ3) is 2.94. The molecular formula is C31H52O3. The molecule has 194 valence electrons. The van der Waals surface area contributed by atoms with Crippen LogP contribution >= 0.6 is 0 Å². The van der Waals surface area contributed by atoms with Gasteiger partial charge in [0.2, 0.25) is 0 Å². The van der Waals surface area contributed by atoms with Crippen molar-refractivity contribution in [3.8, 4) is 0 Å². The largest absolute Gasteiger partial charge is 0.481 e. The van der Waals surface area contributed by atoms with Gasteiger partial charge in [-0.25, -0.2) is 0 Å². The van der Waals surface area contributed by atoms with Gasteiger partial charge >= 0.3 is 5.97 Å². The lowest BCUT2D eigenvalue weighted by molar-refractivity contribution is -0.275. The van der Waals surface area contributed by atoms with Gasteiger partial charge in [-0.2, -0.15) is 0 Å². The van der Waals surface area contributed by atoms with Gasteiger partial charge in [-0.05, 0) is 115 Å². The molecule has 12 atom stereocenters. The van der Waals surface area contributed by atoms with Gasteiger partial charge in [0.05, 0.1) is 12.0 Å². The summed E-state index contributed by atoms with van der Waals surface area (Å²) in [5.74, 6) is 2.52. The Kier molecular flexibility index (Phi) is 5.52. The number of hydrogen-bond donors (Lipinski definition) is 2. The van der Waals surface area contributed by atoms with Crippen LogP contribution in [0.1, 0.15) is 113 Å². The van der Waals surface area contributed by atoms with Crippen LogP contribution in [0.3, 0.4) is 0 Å². The van der Waals surface area contributed by atoms with Crippen molar-refractivity contribution in [1.29, 1.82) is 0 Å². The van der Waals surface area contributed by atoms with Crippen LogP contribution in [-0.4, -0.2) is 22.3 Å². The van der Waals surface area contributed by atoms with Gasteiger partial charge in [0, 0.05) is 5.41 Å². The highest BCUT2D eigenvalue weighted by molar-refractivity contribution is 5.71. The number of carboxylic acids is 1. The Morgan fingerprint density at radius 3 is 2.12 bits per heavy atom. The summed E-state index contributed by atoms with van der Waals surface area (Å²) in [5, 5.41) is 21.9. The zero-order valence-corrected chi connectivity index (χ0v) is 23.3. The van der Waals surface area contributed by atoms with Crippen molar-refractivity contribution in [3.63, 3.8) is 0 Å². The molecule has 34 heavy (non-hydrogen) atoms. The summed E-state index contributed by atoms with van der Waals surface area (Å²) in [6.45, 7) is 19.7. The maximum Gasteiger partial charge on any atom is 0.309 e. The van der Waals surface area contributed by atoms with E-state index < -0.39 is 18.0 Å². The Hall–Kier alpha value is -0.570. The molecule has 2 unspecified atom stereocenters. The highest BCUT2D eigenvalue weighted by Gasteiger charge is 2.71. The molecule has 3 heteroatoms. The van der Waals surface area contributed by atoms with Crippen molar-refractivity contribution >= 4 is 5.97 Å². The minimum atomic E-state index is -0.800. The summed E-state index contributed by atoms with van der Waals surface area (Å²) in [4.78, 5) is 12.3. The second-order valence-corrected chi connectivity index (χ2v) is 15.7. The van der Waals surface area contributed by atoms with Gasteiger partial charge in [-0.1, -0.05) is 55.4 Å². The summed E-state index contributed by atoms with van der Waals surface area (Å²) < 4.78 is 0. The smallest absolute Gasteiger partial charge is 0.309 e. The van der Waals surface area contributed by atoms with E-state index in [1.54, 1.807) is 0 Å². The molecule has 5 fully saturated rings. The summed E-state index contributed by atoms with van der Waals surface area (Å²) in [6, 6.07) is 0. The molecule has 0 saturated heterocycles. The van der Waals surface area contributed by atoms with E-state index in [0.29, 0.717) is 23.7 Å². The minimum absolute atomic E-state index is 0.0471. The zero-order chi connectivity index (χ0) is 25.1. The summed E-state index contributed by atoms with van der Waals surface area (Å²) in [5.41, 5.74) is 0.563. The first-order valence-electron chi connectivity index (χ1n) is 14.5. The number of carbonyl (C=O) groups is 1. The van der Waals surface area contributed by atoms with E-state index in [2.05, 4.69) is 55.4 Å². The monoisotopic (exact) mass is 472 g/mol. The van der Waals surface area contributed by atoms with Crippen LogP contribution in [0.5, 0.6) is 0 Å². The molecule has 0 spiro atoms. The third-order valence-corrected chi connectivity index (χ3v) is 14.2. The van der Waals surface area contributed by atoms with E-state index in [9.17, 15) is 15.0 Å². The zero-order valence-electron chi connectivity index (χ0n) is 23.3. The predicted molar refractivity (Wildman–Crippen MR) is 137 cm³/mol. The van der Waals surface area contributed by atoms with Gasteiger partial charge in [0.1, 0.15) is 0 Å². The Morgan fingerprint density at radius 1 is 0.794 bits per heavy atom. The Balaban J connectivity index is 1.58. The number of hydrogen-bond acceptors (Lipinski definition) is 2. The lowest BCUT2D eigenvalue weighted by Crippen LogP contribution is -2.70. The van der Waals surface area contributed by atoms with Gasteiger partial charge in [-0.15, -0.1) is 0 Å². The van der Waals surface area contributed by atoms with Crippen LogP contribution in [0.4, 0.5) is 0 Å². The second-order valence-electron chi connectivity index (χ2n) is 15.7. The van der Waals surface area contributed by atoms with Crippen LogP contribution in [0, 0.1) is 68.5 Å². The third-order valence-electron chi connectivity index (χ3n) is 14.2. The quantitative estimate of drug-likeness (QED) is 0.417. The molecule has 0 heterocycles. The highest BCUT2D eigenvalue weighted by atomic mass is 16.4. The van der Waals surface area contributed by atoms with Crippen molar-refractivity contribution in [2.45, 2.75) is 119 Å². The molecule has 0 aromatic carbocycles. The molecular weight excluding hydrogens is 420 g/mol. The van der Waals surface area contributed by atoms with E-state index in [0.717, 1.165) is 36.5 Å². The first kappa shape index (κ1) is 25.1. The van der Waals surface area contributed by atoms with Crippen LogP contribution in [0.2, 0.25) is 0 Å². The fourth-order valence-corrected chi connectivity index (χ4v) is 12.1. The summed E-state index contributed by atoms with van der Waals surface area (Å²) in [7, 11) is 0. The van der Waals surface area contributed by atoms with Crippen molar-refractivity contribution in [1.82, 2.24) is 0 Å². The topological polar surface area (TPSA) is 57.5 Å². The molecule has 0 aromatic heterocycles. The van der Waals surface area contributed by atoms with Gasteiger partial charge in [0.15, 0.2) is 0 Å². The number of aliphatic carboxylic acids is 1. The summed E-state index contributed by atoms with van der Waals surface area (Å²) >= 11 is 0. The summed E-state index contributed by atoms with van der Waals surface area (Å²) in [6.07, 6.45) is 10.1. The maximum absolute atomic E-state index is 12.3.